The lowest BCUT2D eigenvalue weighted by molar-refractivity contribution is -0.156. The standard InChI is InChI=1S/C49H54Cl2N10O4S2/c1-26-28(3)66-45-40(26)42(31-10-14-33(50)15-11-31)53-36(44-57-55-30(5)60(44)45)24-52-38(62)18-19-59-20-21-64-35(25-59)22-37-56-58-47-49(9,23-39(63)65-48(6,7)8)54-43(32-12-16-34(51)17-13-32)41-27(2)29(4)67-46(41)61(37)47/h10-17,35-36H,18-25H2,1-9H3,(H,52,62)/t35?,36-,49-/m0/s1. The summed E-state index contributed by atoms with van der Waals surface area (Å²) in [4.78, 5) is 42.6. The molecule has 14 nitrogen and oxygen atoms in total. The summed E-state index contributed by atoms with van der Waals surface area (Å²) in [6.07, 6.45) is 0.454. The van der Waals surface area contributed by atoms with Gasteiger partial charge in [0.05, 0.1) is 30.6 Å². The van der Waals surface area contributed by atoms with Gasteiger partial charge in [0.15, 0.2) is 11.6 Å². The highest BCUT2D eigenvalue weighted by Crippen LogP contribution is 2.43. The smallest absolute Gasteiger partial charge is 0.309 e. The van der Waals surface area contributed by atoms with Gasteiger partial charge < -0.3 is 14.8 Å². The van der Waals surface area contributed by atoms with Crippen LogP contribution in [-0.2, 0) is 31.0 Å². The van der Waals surface area contributed by atoms with Crippen LogP contribution in [0.25, 0.3) is 10.0 Å². The van der Waals surface area contributed by atoms with E-state index in [2.05, 4.69) is 57.2 Å². The zero-order chi connectivity index (χ0) is 47.5. The first-order valence-corrected chi connectivity index (χ1v) is 24.9. The molecule has 2 aromatic carbocycles. The van der Waals surface area contributed by atoms with Gasteiger partial charge in [0.1, 0.15) is 38.8 Å². The number of aliphatic imine (C=N–C) groups is 2. The number of aryl methyl sites for hydroxylation is 3. The second-order valence-electron chi connectivity index (χ2n) is 18.7. The van der Waals surface area contributed by atoms with Gasteiger partial charge in [-0.15, -0.1) is 43.1 Å². The van der Waals surface area contributed by atoms with Gasteiger partial charge in [0, 0.05) is 81.1 Å². The second kappa shape index (κ2) is 18.4. The van der Waals surface area contributed by atoms with Gasteiger partial charge in [0.2, 0.25) is 5.91 Å². The molecule has 6 aromatic rings. The number of rotatable bonds is 11. The van der Waals surface area contributed by atoms with Crippen LogP contribution in [0.3, 0.4) is 0 Å². The summed E-state index contributed by atoms with van der Waals surface area (Å²) < 4.78 is 16.4. The van der Waals surface area contributed by atoms with E-state index >= 15 is 0 Å². The lowest BCUT2D eigenvalue weighted by Gasteiger charge is -2.32. The monoisotopic (exact) mass is 980 g/mol. The largest absolute Gasteiger partial charge is 0.460 e. The van der Waals surface area contributed by atoms with E-state index in [1.54, 1.807) is 22.7 Å². The van der Waals surface area contributed by atoms with Crippen LogP contribution < -0.4 is 5.32 Å². The molecule has 1 saturated heterocycles. The van der Waals surface area contributed by atoms with Crippen LogP contribution in [0.2, 0.25) is 10.0 Å². The van der Waals surface area contributed by atoms with Gasteiger partial charge in [-0.05, 0) is 97.7 Å². The van der Waals surface area contributed by atoms with Gasteiger partial charge in [-0.25, -0.2) is 0 Å². The Morgan fingerprint density at radius 1 is 0.851 bits per heavy atom. The van der Waals surface area contributed by atoms with Crippen molar-refractivity contribution in [3.05, 3.63) is 125 Å². The van der Waals surface area contributed by atoms with Crippen molar-refractivity contribution in [3.8, 4) is 10.0 Å². The van der Waals surface area contributed by atoms with Crippen molar-refractivity contribution in [1.82, 2.24) is 39.7 Å². The zero-order valence-corrected chi connectivity index (χ0v) is 42.3. The number of aromatic nitrogens is 6. The summed E-state index contributed by atoms with van der Waals surface area (Å²) in [6.45, 7) is 20.4. The summed E-state index contributed by atoms with van der Waals surface area (Å²) in [5, 5.41) is 25.0. The Kier molecular flexibility index (Phi) is 12.9. The third kappa shape index (κ3) is 9.40. The number of thiophene rings is 2. The molecule has 3 aliphatic heterocycles. The van der Waals surface area contributed by atoms with Crippen LogP contribution in [0.5, 0.6) is 0 Å². The van der Waals surface area contributed by atoms with Gasteiger partial charge in [0.25, 0.3) is 0 Å². The molecule has 1 N–H and O–H groups in total. The Balaban J connectivity index is 0.929. The minimum absolute atomic E-state index is 0.0482. The first-order chi connectivity index (χ1) is 31.9. The number of ether oxygens (including phenoxy) is 2. The number of nitrogens with zero attached hydrogens (tertiary/aromatic N) is 9. The number of amides is 1. The molecule has 9 rings (SSSR count). The van der Waals surface area contributed by atoms with E-state index < -0.39 is 17.2 Å². The first-order valence-electron chi connectivity index (χ1n) is 22.5. The Labute approximate surface area is 408 Å². The molecule has 1 fully saturated rings. The Morgan fingerprint density at radius 3 is 2.10 bits per heavy atom. The van der Waals surface area contributed by atoms with Crippen LogP contribution in [0.4, 0.5) is 0 Å². The molecule has 67 heavy (non-hydrogen) atoms. The molecule has 350 valence electrons. The molecule has 0 saturated carbocycles. The van der Waals surface area contributed by atoms with Crippen molar-refractivity contribution in [2.45, 2.75) is 105 Å². The number of carbonyl (C=O) groups is 2. The average molecular weight is 982 g/mol. The topological polar surface area (TPSA) is 154 Å². The van der Waals surface area contributed by atoms with E-state index in [-0.39, 0.29) is 37.4 Å². The molecule has 0 radical (unpaired) electrons. The summed E-state index contributed by atoms with van der Waals surface area (Å²) >= 11 is 16.0. The predicted molar refractivity (Wildman–Crippen MR) is 264 cm³/mol. The number of nitrogens with one attached hydrogen (secondary N) is 1. The summed E-state index contributed by atoms with van der Waals surface area (Å²) in [6, 6.07) is 14.9. The number of halogens is 2. The van der Waals surface area contributed by atoms with Crippen molar-refractivity contribution in [2.75, 3.05) is 32.8 Å². The van der Waals surface area contributed by atoms with Crippen molar-refractivity contribution in [1.29, 1.82) is 0 Å². The van der Waals surface area contributed by atoms with E-state index in [4.69, 9.17) is 52.9 Å². The number of carbonyl (C=O) groups excluding carboxylic acids is 2. The van der Waals surface area contributed by atoms with Crippen LogP contribution in [0.15, 0.2) is 58.5 Å². The maximum absolute atomic E-state index is 13.7. The zero-order valence-electron chi connectivity index (χ0n) is 39.2. The number of fused-ring (bicyclic) bond motifs is 6. The third-order valence-corrected chi connectivity index (χ3v) is 15.4. The summed E-state index contributed by atoms with van der Waals surface area (Å²) in [5.41, 5.74) is 5.83. The minimum atomic E-state index is -1.13. The quantitative estimate of drug-likeness (QED) is 0.125. The van der Waals surface area contributed by atoms with Crippen LogP contribution in [-0.4, -0.2) is 102 Å². The molecular weight excluding hydrogens is 928 g/mol. The Morgan fingerprint density at radius 2 is 1.46 bits per heavy atom. The van der Waals surface area contributed by atoms with Crippen LogP contribution >= 0.6 is 45.9 Å². The predicted octanol–water partition coefficient (Wildman–Crippen LogP) is 8.96. The van der Waals surface area contributed by atoms with Crippen molar-refractivity contribution >= 4 is 69.2 Å². The number of hydrogen-bond donors (Lipinski definition) is 1. The molecular formula is C49H54Cl2N10O4S2. The Hall–Kier alpha value is -5.10. The van der Waals surface area contributed by atoms with Crippen molar-refractivity contribution in [3.63, 3.8) is 0 Å². The molecule has 4 aromatic heterocycles. The number of hydrogen-bond acceptors (Lipinski definition) is 13. The SMILES string of the molecule is Cc1sc2c(c1C)C(c1ccc(Cl)cc1)=N[C@@H](CNC(=O)CCN1CCOC(Cc3nnc4n3-c3sc(C)c(C)c3C(c3ccc(Cl)cc3)=N[C@@]4(C)CC(=O)OC(C)(C)C)C1)c1nnc(C)n1-2. The lowest BCUT2D eigenvalue weighted by atomic mass is 9.95. The molecule has 7 heterocycles. The molecule has 3 atom stereocenters. The molecule has 3 aliphatic rings. The van der Waals surface area contributed by atoms with Crippen molar-refractivity contribution < 1.29 is 19.1 Å². The summed E-state index contributed by atoms with van der Waals surface area (Å²) in [5.74, 6) is 2.23. The molecule has 18 heteroatoms. The third-order valence-electron chi connectivity index (χ3n) is 12.5. The molecule has 0 aliphatic carbocycles. The molecule has 0 spiro atoms. The fourth-order valence-electron chi connectivity index (χ4n) is 9.00. The molecule has 1 amide bonds. The highest BCUT2D eigenvalue weighted by atomic mass is 35.5. The number of morpholine rings is 1. The fourth-order valence-corrected chi connectivity index (χ4v) is 11.7. The maximum Gasteiger partial charge on any atom is 0.309 e. The van der Waals surface area contributed by atoms with Gasteiger partial charge in [-0.2, -0.15) is 0 Å². The highest BCUT2D eigenvalue weighted by molar-refractivity contribution is 7.15. The van der Waals surface area contributed by atoms with E-state index in [0.717, 1.165) is 65.5 Å². The van der Waals surface area contributed by atoms with Gasteiger partial charge in [-0.3, -0.25) is 33.6 Å². The number of benzene rings is 2. The van der Waals surface area contributed by atoms with Crippen LogP contribution in [0.1, 0.15) is 113 Å². The van der Waals surface area contributed by atoms with Gasteiger partial charge in [-0.1, -0.05) is 47.5 Å². The Bertz CT molecular complexity index is 2940. The van der Waals surface area contributed by atoms with Crippen molar-refractivity contribution in [2.24, 2.45) is 9.98 Å². The molecule has 1 unspecified atom stereocenters. The maximum atomic E-state index is 13.7. The van der Waals surface area contributed by atoms with E-state index in [0.29, 0.717) is 60.2 Å². The van der Waals surface area contributed by atoms with E-state index in [9.17, 15) is 9.59 Å². The summed E-state index contributed by atoms with van der Waals surface area (Å²) in [7, 11) is 0. The van der Waals surface area contributed by atoms with E-state index in [1.165, 1.54) is 4.88 Å². The van der Waals surface area contributed by atoms with E-state index in [1.807, 2.05) is 83.1 Å². The minimum Gasteiger partial charge on any atom is -0.460 e. The second-order valence-corrected chi connectivity index (χ2v) is 22.0. The van der Waals surface area contributed by atoms with Gasteiger partial charge >= 0.3 is 5.97 Å². The highest BCUT2D eigenvalue weighted by Gasteiger charge is 2.43. The normalized spacial score (nSPS) is 19.3. The molecule has 0 bridgehead atoms. The number of esters is 1. The fraction of sp³-hybridized carbons (Fsp3) is 0.429. The average Bonchev–Trinajstić information content (AvgIpc) is 3.98. The first kappa shape index (κ1) is 47.0. The van der Waals surface area contributed by atoms with Crippen LogP contribution in [0, 0.1) is 34.6 Å². The lowest BCUT2D eigenvalue weighted by Crippen LogP contribution is -2.45.